The molecule has 2 rings (SSSR count). The van der Waals surface area contributed by atoms with Crippen LogP contribution in [0.25, 0.3) is 0 Å². The van der Waals surface area contributed by atoms with E-state index in [0.717, 1.165) is 4.90 Å². The van der Waals surface area contributed by atoms with Gasteiger partial charge in [0, 0.05) is 32.0 Å². The second-order valence-electron chi connectivity index (χ2n) is 3.75. The summed E-state index contributed by atoms with van der Waals surface area (Å²) in [7, 11) is 0. The number of likely N-dealkylation sites (tertiary alicyclic amines) is 1. The van der Waals surface area contributed by atoms with E-state index in [-0.39, 0.29) is 26.1 Å². The van der Waals surface area contributed by atoms with E-state index in [4.69, 9.17) is 5.11 Å². The van der Waals surface area contributed by atoms with Gasteiger partial charge < -0.3 is 15.3 Å². The van der Waals surface area contributed by atoms with Crippen molar-refractivity contribution in [3.8, 4) is 0 Å². The van der Waals surface area contributed by atoms with Crippen molar-refractivity contribution < 1.29 is 19.1 Å². The molecule has 2 saturated heterocycles. The lowest BCUT2D eigenvalue weighted by Crippen LogP contribution is -2.52. The third kappa shape index (κ3) is 1.13. The van der Waals surface area contributed by atoms with Crippen LogP contribution in [0, 0.1) is 5.92 Å². The van der Waals surface area contributed by atoms with Crippen molar-refractivity contribution in [2.24, 2.45) is 5.92 Å². The fourth-order valence-corrected chi connectivity index (χ4v) is 2.07. The molecule has 2 atom stereocenters. The van der Waals surface area contributed by atoms with E-state index >= 15 is 0 Å². The monoisotopic (exact) mass is 202 g/mol. The molecule has 0 spiro atoms. The highest BCUT2D eigenvalue weighted by Gasteiger charge is 2.54. The first-order chi connectivity index (χ1) is 6.54. The van der Waals surface area contributed by atoms with Crippen LogP contribution < -0.4 is 5.32 Å². The quantitative estimate of drug-likeness (QED) is 0.572. The number of carbonyl (C=O) groups excluding carboxylic acids is 1. The minimum atomic E-state index is -1.84. The van der Waals surface area contributed by atoms with E-state index in [1.54, 1.807) is 0 Å². The summed E-state index contributed by atoms with van der Waals surface area (Å²) in [6.45, 7) is 0.430. The molecule has 0 saturated carbocycles. The number of amides is 2. The molecule has 2 N–H and O–H groups in total. The van der Waals surface area contributed by atoms with Crippen molar-refractivity contribution in [1.82, 2.24) is 10.2 Å². The Kier molecular flexibility index (Phi) is 1.87. The topological polar surface area (TPSA) is 69.6 Å². The fraction of sp³-hybridized carbons (Fsp3) is 0.750. The summed E-state index contributed by atoms with van der Waals surface area (Å²) in [6.07, 6.45) is -1.08. The second kappa shape index (κ2) is 2.83. The summed E-state index contributed by atoms with van der Waals surface area (Å²) in [4.78, 5) is 22.9. The molecule has 14 heavy (non-hydrogen) atoms. The number of fused-ring (bicyclic) bond motifs is 1. The van der Waals surface area contributed by atoms with E-state index in [0.29, 0.717) is 0 Å². The van der Waals surface area contributed by atoms with Gasteiger partial charge in [0.2, 0.25) is 0 Å². The predicted molar refractivity (Wildman–Crippen MR) is 44.6 cm³/mol. The zero-order chi connectivity index (χ0) is 10.3. The van der Waals surface area contributed by atoms with Crippen LogP contribution in [-0.2, 0) is 4.79 Å². The van der Waals surface area contributed by atoms with Crippen LogP contribution in [-0.4, -0.2) is 47.3 Å². The number of hydrogen-bond donors (Lipinski definition) is 2. The molecular formula is C8H11FN2O3. The first-order valence-electron chi connectivity index (χ1n) is 4.49. The van der Waals surface area contributed by atoms with Gasteiger partial charge in [-0.2, -0.15) is 0 Å². The minimum absolute atomic E-state index is 0.0319. The molecule has 2 heterocycles. The van der Waals surface area contributed by atoms with Crippen molar-refractivity contribution in [3.05, 3.63) is 0 Å². The molecule has 5 nitrogen and oxygen atoms in total. The van der Waals surface area contributed by atoms with Crippen molar-refractivity contribution in [3.63, 3.8) is 0 Å². The van der Waals surface area contributed by atoms with E-state index in [9.17, 15) is 14.0 Å². The highest BCUT2D eigenvalue weighted by atomic mass is 19.1. The van der Waals surface area contributed by atoms with Crippen LogP contribution in [0.3, 0.4) is 0 Å². The Morgan fingerprint density at radius 2 is 2.43 bits per heavy atom. The number of halogens is 1. The predicted octanol–water partition coefficient (Wildman–Crippen LogP) is -0.176. The number of hydrogen-bond acceptors (Lipinski definition) is 2. The lowest BCUT2D eigenvalue weighted by atomic mass is 9.85. The zero-order valence-corrected chi connectivity index (χ0v) is 7.49. The Morgan fingerprint density at radius 1 is 1.71 bits per heavy atom. The third-order valence-corrected chi connectivity index (χ3v) is 2.99. The number of nitrogens with zero attached hydrogens (tertiary/aromatic N) is 1. The lowest BCUT2D eigenvalue weighted by Gasteiger charge is -2.35. The number of carboxylic acid groups (broad SMARTS) is 1. The molecule has 2 aliphatic rings. The number of rotatable bonds is 0. The Bertz CT molecular complexity index is 296. The Hall–Kier alpha value is -1.33. The van der Waals surface area contributed by atoms with Gasteiger partial charge in [-0.25, -0.2) is 9.18 Å². The number of nitrogens with one attached hydrogen (secondary N) is 1. The van der Waals surface area contributed by atoms with Gasteiger partial charge in [0.25, 0.3) is 5.91 Å². The van der Waals surface area contributed by atoms with Gasteiger partial charge in [0.05, 0.1) is 0 Å². The molecule has 78 valence electrons. The van der Waals surface area contributed by atoms with Crippen molar-refractivity contribution >= 4 is 12.0 Å². The van der Waals surface area contributed by atoms with E-state index in [1.807, 2.05) is 0 Å². The van der Waals surface area contributed by atoms with Gasteiger partial charge in [-0.3, -0.25) is 4.79 Å². The van der Waals surface area contributed by atoms with Crippen molar-refractivity contribution in [2.45, 2.75) is 12.1 Å². The molecule has 0 radical (unpaired) electrons. The smallest absolute Gasteiger partial charge is 0.407 e. The fourth-order valence-electron chi connectivity index (χ4n) is 2.07. The zero-order valence-electron chi connectivity index (χ0n) is 7.49. The third-order valence-electron chi connectivity index (χ3n) is 2.99. The maximum Gasteiger partial charge on any atom is 0.407 e. The van der Waals surface area contributed by atoms with Gasteiger partial charge in [0.15, 0.2) is 5.67 Å². The van der Waals surface area contributed by atoms with Gasteiger partial charge in [0.1, 0.15) is 0 Å². The molecule has 2 fully saturated rings. The van der Waals surface area contributed by atoms with Crippen LogP contribution in [0.4, 0.5) is 9.18 Å². The number of carbonyl (C=O) groups is 2. The summed E-state index contributed by atoms with van der Waals surface area (Å²) in [5, 5.41) is 11.1. The van der Waals surface area contributed by atoms with Crippen LogP contribution in [0.2, 0.25) is 0 Å². The highest BCUT2D eigenvalue weighted by Crippen LogP contribution is 2.35. The lowest BCUT2D eigenvalue weighted by molar-refractivity contribution is -0.133. The maximum absolute atomic E-state index is 14.0. The van der Waals surface area contributed by atoms with Crippen LogP contribution in [0.1, 0.15) is 6.42 Å². The number of piperidine rings is 1. The average Bonchev–Trinajstić information content (AvgIpc) is 2.42. The van der Waals surface area contributed by atoms with E-state index in [1.165, 1.54) is 0 Å². The van der Waals surface area contributed by atoms with Crippen LogP contribution in [0.5, 0.6) is 0 Å². The van der Waals surface area contributed by atoms with Gasteiger partial charge in [-0.1, -0.05) is 0 Å². The molecule has 0 aromatic rings. The average molecular weight is 202 g/mol. The molecule has 0 aromatic heterocycles. The molecule has 0 bridgehead atoms. The molecule has 2 amide bonds. The largest absolute Gasteiger partial charge is 0.465 e. The summed E-state index contributed by atoms with van der Waals surface area (Å²) >= 11 is 0. The summed E-state index contributed by atoms with van der Waals surface area (Å²) in [5.41, 5.74) is -1.84. The van der Waals surface area contributed by atoms with Gasteiger partial charge in [-0.15, -0.1) is 0 Å². The maximum atomic E-state index is 14.0. The molecule has 0 unspecified atom stereocenters. The van der Waals surface area contributed by atoms with Gasteiger partial charge >= 0.3 is 6.09 Å². The molecule has 0 aliphatic carbocycles. The minimum Gasteiger partial charge on any atom is -0.465 e. The van der Waals surface area contributed by atoms with Crippen molar-refractivity contribution in [1.29, 1.82) is 0 Å². The van der Waals surface area contributed by atoms with Crippen LogP contribution >= 0.6 is 0 Å². The van der Waals surface area contributed by atoms with Crippen LogP contribution in [0.15, 0.2) is 0 Å². The van der Waals surface area contributed by atoms with E-state index < -0.39 is 23.6 Å². The normalized spacial score (nSPS) is 36.5. The first kappa shape index (κ1) is 9.23. The van der Waals surface area contributed by atoms with Crippen molar-refractivity contribution in [2.75, 3.05) is 19.6 Å². The highest BCUT2D eigenvalue weighted by molar-refractivity contribution is 5.88. The second-order valence-corrected chi connectivity index (χ2v) is 3.75. The molecule has 2 aliphatic heterocycles. The first-order valence-corrected chi connectivity index (χ1v) is 4.49. The van der Waals surface area contributed by atoms with E-state index in [2.05, 4.69) is 5.32 Å². The Balaban J connectivity index is 2.14. The summed E-state index contributed by atoms with van der Waals surface area (Å²) in [6, 6.07) is 0. The summed E-state index contributed by atoms with van der Waals surface area (Å²) < 4.78 is 14.0. The number of alkyl halides is 1. The molecule has 0 aromatic carbocycles. The Labute approximate surface area is 79.9 Å². The standard InChI is InChI=1S/C8H11FN2O3/c9-8-1-2-11(7(13)14)4-5(8)3-10-6(8)12/h5H,1-4H2,(H,10,12)(H,13,14)/t5-,8-/m1/s1. The van der Waals surface area contributed by atoms with Gasteiger partial charge in [-0.05, 0) is 0 Å². The Morgan fingerprint density at radius 3 is 3.07 bits per heavy atom. The summed E-state index contributed by atoms with van der Waals surface area (Å²) in [5.74, 6) is -1.12. The molecule has 6 heteroatoms. The SMILES string of the molecule is O=C(O)N1CC[C@]2(F)C(=O)NC[C@@H]2C1. The molecular weight excluding hydrogens is 191 g/mol.